The zero-order chi connectivity index (χ0) is 25.1. The maximum atomic E-state index is 12.7. The lowest BCUT2D eigenvalue weighted by molar-refractivity contribution is 0.444. The summed E-state index contributed by atoms with van der Waals surface area (Å²) in [6.07, 6.45) is 6.42. The van der Waals surface area contributed by atoms with Crippen LogP contribution in [0.1, 0.15) is 24.8 Å². The number of rotatable bonds is 8. The smallest absolute Gasteiger partial charge is 0.263 e. The van der Waals surface area contributed by atoms with Crippen molar-refractivity contribution in [1.29, 1.82) is 5.26 Å². The fourth-order valence-electron chi connectivity index (χ4n) is 3.62. The summed E-state index contributed by atoms with van der Waals surface area (Å²) in [7, 11) is -3.95. The highest BCUT2D eigenvalue weighted by molar-refractivity contribution is 7.93. The maximum Gasteiger partial charge on any atom is 0.263 e. The molecule has 0 unspecified atom stereocenters. The molecule has 2 aromatic carbocycles. The van der Waals surface area contributed by atoms with Crippen LogP contribution in [0.4, 0.5) is 10.9 Å². The number of nitrogens with zero attached hydrogens (tertiary/aromatic N) is 4. The normalized spacial score (nSPS) is 13.4. The summed E-state index contributed by atoms with van der Waals surface area (Å²) in [5.74, 6) is 1.43. The van der Waals surface area contributed by atoms with E-state index in [9.17, 15) is 13.7 Å². The van der Waals surface area contributed by atoms with Crippen molar-refractivity contribution >= 4 is 44.1 Å². The monoisotopic (exact) mass is 538 g/mol. The second-order valence-corrected chi connectivity index (χ2v) is 11.0. The molecule has 0 atom stereocenters. The summed E-state index contributed by atoms with van der Waals surface area (Å²) in [5.41, 5.74) is 1.60. The molecular formula is C24H19ClN6O3S2. The van der Waals surface area contributed by atoms with Crippen molar-refractivity contribution in [3.63, 3.8) is 0 Å². The molecule has 2 aromatic heterocycles. The number of benzene rings is 2. The van der Waals surface area contributed by atoms with Crippen molar-refractivity contribution in [2.45, 2.75) is 30.2 Å². The fraction of sp³-hybridized carbons (Fsp3) is 0.167. The van der Waals surface area contributed by atoms with E-state index in [2.05, 4.69) is 24.4 Å². The lowest BCUT2D eigenvalue weighted by Crippen LogP contribution is -2.27. The Morgan fingerprint density at radius 3 is 2.64 bits per heavy atom. The molecule has 2 N–H and O–H groups in total. The molecule has 9 nitrogen and oxygen atoms in total. The SMILES string of the molecule is N#Cc1cc(S(=O)(=O)Nc2ncns2)ccc1Oc1ccc(Cl)cc1-c1ccnc(NC2CCC2)c1. The van der Waals surface area contributed by atoms with Gasteiger partial charge in [0.15, 0.2) is 0 Å². The number of hydrogen-bond acceptors (Lipinski definition) is 9. The molecule has 1 fully saturated rings. The quantitative estimate of drug-likeness (QED) is 0.293. The molecule has 2 heterocycles. The van der Waals surface area contributed by atoms with Gasteiger partial charge in [-0.05, 0) is 73.4 Å². The zero-order valence-electron chi connectivity index (χ0n) is 18.7. The first-order chi connectivity index (χ1) is 17.4. The van der Waals surface area contributed by atoms with Gasteiger partial charge >= 0.3 is 0 Å². The Balaban J connectivity index is 1.45. The minimum absolute atomic E-state index is 0.0538. The summed E-state index contributed by atoms with van der Waals surface area (Å²) in [5, 5.41) is 13.8. The lowest BCUT2D eigenvalue weighted by Gasteiger charge is -2.27. The topological polar surface area (TPSA) is 130 Å². The van der Waals surface area contributed by atoms with Gasteiger partial charge in [-0.2, -0.15) is 9.64 Å². The van der Waals surface area contributed by atoms with Crippen molar-refractivity contribution in [3.8, 4) is 28.7 Å². The van der Waals surface area contributed by atoms with Crippen LogP contribution in [0.15, 0.2) is 66.0 Å². The van der Waals surface area contributed by atoms with Crippen molar-refractivity contribution in [3.05, 3.63) is 71.6 Å². The molecule has 0 spiro atoms. The minimum atomic E-state index is -3.95. The van der Waals surface area contributed by atoms with E-state index >= 15 is 0 Å². The van der Waals surface area contributed by atoms with Crippen LogP contribution in [0.3, 0.4) is 0 Å². The Bertz CT molecular complexity index is 1550. The van der Waals surface area contributed by atoms with Crippen LogP contribution in [0.2, 0.25) is 5.02 Å². The molecule has 0 aliphatic heterocycles. The first-order valence-corrected chi connectivity index (χ1v) is 13.6. The summed E-state index contributed by atoms with van der Waals surface area (Å²) >= 11 is 7.20. The predicted molar refractivity (Wildman–Crippen MR) is 138 cm³/mol. The van der Waals surface area contributed by atoms with Gasteiger partial charge in [-0.3, -0.25) is 4.72 Å². The van der Waals surface area contributed by atoms with Gasteiger partial charge in [0.25, 0.3) is 10.0 Å². The molecule has 36 heavy (non-hydrogen) atoms. The van der Waals surface area contributed by atoms with E-state index in [-0.39, 0.29) is 21.3 Å². The minimum Gasteiger partial charge on any atom is -0.455 e. The summed E-state index contributed by atoms with van der Waals surface area (Å²) in [4.78, 5) is 8.14. The van der Waals surface area contributed by atoms with E-state index in [0.29, 0.717) is 22.4 Å². The van der Waals surface area contributed by atoms with Crippen LogP contribution in [-0.2, 0) is 10.0 Å². The van der Waals surface area contributed by atoms with Crippen LogP contribution in [-0.4, -0.2) is 28.8 Å². The Hall–Kier alpha value is -3.72. The molecular weight excluding hydrogens is 520 g/mol. The number of nitriles is 1. The maximum absolute atomic E-state index is 12.7. The second kappa shape index (κ2) is 10.1. The Morgan fingerprint density at radius 1 is 1.08 bits per heavy atom. The van der Waals surface area contributed by atoms with Crippen LogP contribution >= 0.6 is 23.1 Å². The van der Waals surface area contributed by atoms with E-state index in [4.69, 9.17) is 16.3 Å². The number of ether oxygens (including phenoxy) is 1. The van der Waals surface area contributed by atoms with Gasteiger partial charge in [0.05, 0.1) is 10.5 Å². The van der Waals surface area contributed by atoms with Gasteiger partial charge in [-0.1, -0.05) is 11.6 Å². The highest BCUT2D eigenvalue weighted by Crippen LogP contribution is 2.38. The first kappa shape index (κ1) is 24.0. The van der Waals surface area contributed by atoms with E-state index < -0.39 is 10.0 Å². The van der Waals surface area contributed by atoms with Crippen LogP contribution < -0.4 is 14.8 Å². The standard InChI is InChI=1S/C24H19ClN6O3S2/c25-17-4-6-22(20(12-17)15-8-9-27-23(11-15)30-18-2-1-3-18)34-21-7-5-19(10-16(21)13-26)36(32,33)31-24-28-14-29-35-24/h4-12,14,18H,1-3H2,(H,27,30)(H,28,29,31). The molecule has 0 amide bonds. The van der Waals surface area contributed by atoms with Crippen molar-refractivity contribution in [1.82, 2.24) is 14.3 Å². The molecule has 5 rings (SSSR count). The Morgan fingerprint density at radius 2 is 1.92 bits per heavy atom. The molecule has 0 saturated heterocycles. The molecule has 12 heteroatoms. The second-order valence-electron chi connectivity index (χ2n) is 8.07. The molecule has 4 aromatic rings. The van der Waals surface area contributed by atoms with Crippen LogP contribution in [0.25, 0.3) is 11.1 Å². The molecule has 1 aliphatic rings. The number of anilines is 2. The third-order valence-electron chi connectivity index (χ3n) is 5.65. The fourth-order valence-corrected chi connectivity index (χ4v) is 5.48. The van der Waals surface area contributed by atoms with E-state index in [1.165, 1.54) is 30.9 Å². The first-order valence-electron chi connectivity index (χ1n) is 11.0. The third kappa shape index (κ3) is 5.26. The Kier molecular flexibility index (Phi) is 6.73. The number of nitrogens with one attached hydrogen (secondary N) is 2. The van der Waals surface area contributed by atoms with E-state index in [1.54, 1.807) is 24.4 Å². The number of halogens is 1. The highest BCUT2D eigenvalue weighted by Gasteiger charge is 2.20. The average molecular weight is 539 g/mol. The van der Waals surface area contributed by atoms with E-state index in [1.807, 2.05) is 18.2 Å². The molecule has 182 valence electrons. The number of aromatic nitrogens is 3. The molecule has 0 radical (unpaired) electrons. The van der Waals surface area contributed by atoms with Crippen LogP contribution in [0, 0.1) is 11.3 Å². The lowest BCUT2D eigenvalue weighted by atomic mass is 9.93. The average Bonchev–Trinajstić information content (AvgIpc) is 3.35. The zero-order valence-corrected chi connectivity index (χ0v) is 21.1. The number of hydrogen-bond donors (Lipinski definition) is 2. The van der Waals surface area contributed by atoms with Crippen molar-refractivity contribution in [2.75, 3.05) is 10.0 Å². The molecule has 1 saturated carbocycles. The number of sulfonamides is 1. The van der Waals surface area contributed by atoms with Gasteiger partial charge in [-0.25, -0.2) is 18.4 Å². The number of pyridine rings is 1. The predicted octanol–water partition coefficient (Wildman–Crippen LogP) is 5.68. The van der Waals surface area contributed by atoms with Gasteiger partial charge in [-0.15, -0.1) is 0 Å². The largest absolute Gasteiger partial charge is 0.455 e. The van der Waals surface area contributed by atoms with Gasteiger partial charge < -0.3 is 10.1 Å². The van der Waals surface area contributed by atoms with Gasteiger partial charge in [0.1, 0.15) is 29.7 Å². The summed E-state index contributed by atoms with van der Waals surface area (Å²) in [6.45, 7) is 0. The molecule has 1 aliphatic carbocycles. The van der Waals surface area contributed by atoms with Gasteiger partial charge in [0.2, 0.25) is 5.13 Å². The summed E-state index contributed by atoms with van der Waals surface area (Å²) < 4.78 is 37.6. The molecule has 0 bridgehead atoms. The van der Waals surface area contributed by atoms with E-state index in [0.717, 1.165) is 35.8 Å². The third-order valence-corrected chi connectivity index (χ3v) is 7.94. The van der Waals surface area contributed by atoms with Gasteiger partial charge in [0, 0.05) is 34.4 Å². The van der Waals surface area contributed by atoms with Crippen molar-refractivity contribution < 1.29 is 13.2 Å². The summed E-state index contributed by atoms with van der Waals surface area (Å²) in [6, 6.07) is 15.4. The van der Waals surface area contributed by atoms with Crippen molar-refractivity contribution in [2.24, 2.45) is 0 Å². The van der Waals surface area contributed by atoms with Crippen LogP contribution in [0.5, 0.6) is 11.5 Å². The Labute approximate surface area is 217 Å². The highest BCUT2D eigenvalue weighted by atomic mass is 35.5.